The first-order chi connectivity index (χ1) is 10.1. The van der Waals surface area contributed by atoms with Crippen LogP contribution in [-0.2, 0) is 6.54 Å². The van der Waals surface area contributed by atoms with E-state index < -0.39 is 17.7 Å². The maximum atomic E-state index is 14.4. The van der Waals surface area contributed by atoms with Gasteiger partial charge >= 0.3 is 0 Å². The zero-order chi connectivity index (χ0) is 15.4. The molecule has 1 N–H and O–H groups in total. The molecule has 1 aromatic heterocycles. The van der Waals surface area contributed by atoms with Crippen LogP contribution in [0.2, 0.25) is 0 Å². The van der Waals surface area contributed by atoms with Crippen molar-refractivity contribution >= 4 is 0 Å². The topological polar surface area (TPSA) is 29.9 Å². The minimum atomic E-state index is -0.538. The van der Waals surface area contributed by atoms with Gasteiger partial charge in [0, 0.05) is 18.3 Å². The molecule has 21 heavy (non-hydrogen) atoms. The number of benzene rings is 1. The zero-order valence-corrected chi connectivity index (χ0v) is 12.7. The van der Waals surface area contributed by atoms with Crippen LogP contribution >= 0.6 is 0 Å². The van der Waals surface area contributed by atoms with E-state index in [1.54, 1.807) is 17.8 Å². The second kappa shape index (κ2) is 6.80. The van der Waals surface area contributed by atoms with Crippen molar-refractivity contribution in [3.63, 3.8) is 0 Å². The molecular formula is C16H21F2N3. The van der Waals surface area contributed by atoms with Gasteiger partial charge in [-0.2, -0.15) is 5.10 Å². The summed E-state index contributed by atoms with van der Waals surface area (Å²) < 4.78 is 30.4. The molecule has 0 fully saturated rings. The van der Waals surface area contributed by atoms with Crippen LogP contribution in [0.5, 0.6) is 0 Å². The Balaban J connectivity index is 2.54. The summed E-state index contributed by atoms with van der Waals surface area (Å²) >= 11 is 0. The molecule has 1 heterocycles. The Morgan fingerprint density at radius 2 is 2.00 bits per heavy atom. The molecule has 1 atom stereocenters. The Kier molecular flexibility index (Phi) is 5.07. The van der Waals surface area contributed by atoms with Crippen molar-refractivity contribution in [3.8, 4) is 0 Å². The lowest BCUT2D eigenvalue weighted by molar-refractivity contribution is 0.474. The third kappa shape index (κ3) is 3.13. The van der Waals surface area contributed by atoms with E-state index in [0.29, 0.717) is 12.1 Å². The average Bonchev–Trinajstić information content (AvgIpc) is 2.91. The lowest BCUT2D eigenvalue weighted by Gasteiger charge is -2.21. The average molecular weight is 293 g/mol. The van der Waals surface area contributed by atoms with Crippen molar-refractivity contribution in [1.82, 2.24) is 15.1 Å². The van der Waals surface area contributed by atoms with Crippen LogP contribution in [0, 0.1) is 18.6 Å². The first-order valence-corrected chi connectivity index (χ1v) is 7.29. The van der Waals surface area contributed by atoms with Crippen LogP contribution in [0.25, 0.3) is 0 Å². The molecule has 0 saturated heterocycles. The van der Waals surface area contributed by atoms with E-state index in [1.807, 2.05) is 19.9 Å². The molecule has 114 valence electrons. The maximum absolute atomic E-state index is 14.4. The van der Waals surface area contributed by atoms with Gasteiger partial charge < -0.3 is 5.32 Å². The molecule has 0 amide bonds. The fraction of sp³-hybridized carbons (Fsp3) is 0.438. The quantitative estimate of drug-likeness (QED) is 0.882. The number of halogens is 2. The molecule has 2 aromatic rings. The molecule has 0 radical (unpaired) electrons. The van der Waals surface area contributed by atoms with Crippen molar-refractivity contribution in [2.75, 3.05) is 6.54 Å². The van der Waals surface area contributed by atoms with E-state index in [9.17, 15) is 8.78 Å². The highest BCUT2D eigenvalue weighted by Gasteiger charge is 2.25. The molecule has 0 spiro atoms. The Bertz CT molecular complexity index is 608. The largest absolute Gasteiger partial charge is 0.305 e. The number of aromatic nitrogens is 2. The number of aryl methyl sites for hydroxylation is 2. The molecule has 1 aromatic carbocycles. The number of rotatable bonds is 6. The fourth-order valence-corrected chi connectivity index (χ4v) is 2.49. The van der Waals surface area contributed by atoms with E-state index in [0.717, 1.165) is 18.7 Å². The minimum Gasteiger partial charge on any atom is -0.305 e. The Labute approximate surface area is 124 Å². The summed E-state index contributed by atoms with van der Waals surface area (Å²) in [5, 5.41) is 7.42. The van der Waals surface area contributed by atoms with Gasteiger partial charge in [0.2, 0.25) is 0 Å². The van der Waals surface area contributed by atoms with E-state index in [2.05, 4.69) is 10.4 Å². The van der Waals surface area contributed by atoms with Crippen molar-refractivity contribution in [1.29, 1.82) is 0 Å². The number of nitrogens with zero attached hydrogens (tertiary/aromatic N) is 2. The molecule has 1 unspecified atom stereocenters. The summed E-state index contributed by atoms with van der Waals surface area (Å²) in [4.78, 5) is 0. The van der Waals surface area contributed by atoms with Crippen LogP contribution in [0.1, 0.15) is 43.1 Å². The van der Waals surface area contributed by atoms with Gasteiger partial charge in [-0.25, -0.2) is 8.78 Å². The smallest absolute Gasteiger partial charge is 0.134 e. The standard InChI is InChI=1S/C16H21F2N3/c1-4-10-21-13(8-9-20-21)16(19-5-2)14-12(17)7-6-11(3)15(14)18/h6-9,16,19H,4-5,10H2,1-3H3. The maximum Gasteiger partial charge on any atom is 0.134 e. The summed E-state index contributed by atoms with van der Waals surface area (Å²) in [6.45, 7) is 6.93. The third-order valence-corrected chi connectivity index (χ3v) is 3.50. The molecule has 0 saturated carbocycles. The molecule has 0 aliphatic heterocycles. The molecule has 2 rings (SSSR count). The Morgan fingerprint density at radius 1 is 1.24 bits per heavy atom. The second-order valence-corrected chi connectivity index (χ2v) is 5.06. The van der Waals surface area contributed by atoms with Gasteiger partial charge in [0.1, 0.15) is 11.6 Å². The fourth-order valence-electron chi connectivity index (χ4n) is 2.49. The van der Waals surface area contributed by atoms with E-state index >= 15 is 0 Å². The van der Waals surface area contributed by atoms with E-state index in [-0.39, 0.29) is 5.56 Å². The minimum absolute atomic E-state index is 0.0645. The van der Waals surface area contributed by atoms with Gasteiger partial charge in [0.15, 0.2) is 0 Å². The lowest BCUT2D eigenvalue weighted by Crippen LogP contribution is -2.27. The summed E-state index contributed by atoms with van der Waals surface area (Å²) in [5.74, 6) is -1.03. The second-order valence-electron chi connectivity index (χ2n) is 5.06. The normalized spacial score (nSPS) is 12.6. The Morgan fingerprint density at radius 3 is 2.67 bits per heavy atom. The SMILES string of the molecule is CCCn1nccc1C(NCC)c1c(F)ccc(C)c1F. The third-order valence-electron chi connectivity index (χ3n) is 3.50. The van der Waals surface area contributed by atoms with Crippen LogP contribution < -0.4 is 5.32 Å². The Hall–Kier alpha value is -1.75. The molecule has 0 aliphatic rings. The van der Waals surface area contributed by atoms with Crippen LogP contribution in [0.15, 0.2) is 24.4 Å². The highest BCUT2D eigenvalue weighted by molar-refractivity contribution is 5.34. The van der Waals surface area contributed by atoms with Crippen molar-refractivity contribution in [2.24, 2.45) is 0 Å². The summed E-state index contributed by atoms with van der Waals surface area (Å²) in [6, 6.07) is 4.05. The first kappa shape index (κ1) is 15.6. The lowest BCUT2D eigenvalue weighted by atomic mass is 9.99. The molecular weight excluding hydrogens is 272 g/mol. The van der Waals surface area contributed by atoms with E-state index in [4.69, 9.17) is 0 Å². The van der Waals surface area contributed by atoms with Gasteiger partial charge in [-0.3, -0.25) is 4.68 Å². The molecule has 3 nitrogen and oxygen atoms in total. The van der Waals surface area contributed by atoms with E-state index in [1.165, 1.54) is 12.1 Å². The van der Waals surface area contributed by atoms with Crippen LogP contribution in [0.3, 0.4) is 0 Å². The summed E-state index contributed by atoms with van der Waals surface area (Å²) in [6.07, 6.45) is 2.58. The first-order valence-electron chi connectivity index (χ1n) is 7.29. The number of hydrogen-bond acceptors (Lipinski definition) is 2. The van der Waals surface area contributed by atoms with Crippen molar-refractivity contribution in [2.45, 2.75) is 39.8 Å². The number of nitrogens with one attached hydrogen (secondary N) is 1. The van der Waals surface area contributed by atoms with Gasteiger partial charge in [0.05, 0.1) is 11.7 Å². The summed E-state index contributed by atoms with van der Waals surface area (Å²) in [7, 11) is 0. The van der Waals surface area contributed by atoms with Crippen LogP contribution in [-0.4, -0.2) is 16.3 Å². The van der Waals surface area contributed by atoms with Gasteiger partial charge in [-0.15, -0.1) is 0 Å². The van der Waals surface area contributed by atoms with Gasteiger partial charge in [-0.05, 0) is 37.6 Å². The zero-order valence-electron chi connectivity index (χ0n) is 12.7. The highest BCUT2D eigenvalue weighted by atomic mass is 19.1. The molecule has 0 bridgehead atoms. The number of hydrogen-bond donors (Lipinski definition) is 1. The predicted octanol–water partition coefficient (Wildman–Crippen LogP) is 3.58. The molecule has 5 heteroatoms. The van der Waals surface area contributed by atoms with Crippen molar-refractivity contribution < 1.29 is 8.78 Å². The van der Waals surface area contributed by atoms with Crippen molar-refractivity contribution in [3.05, 3.63) is 52.9 Å². The molecule has 0 aliphatic carbocycles. The van der Waals surface area contributed by atoms with Gasteiger partial charge in [-0.1, -0.05) is 19.9 Å². The highest BCUT2D eigenvalue weighted by Crippen LogP contribution is 2.28. The van der Waals surface area contributed by atoms with Gasteiger partial charge in [0.25, 0.3) is 0 Å². The summed E-state index contributed by atoms with van der Waals surface area (Å²) in [5.41, 5.74) is 1.28. The monoisotopic (exact) mass is 293 g/mol. The predicted molar refractivity (Wildman–Crippen MR) is 79.1 cm³/mol. The van der Waals surface area contributed by atoms with Crippen LogP contribution in [0.4, 0.5) is 8.78 Å².